The second-order valence-electron chi connectivity index (χ2n) is 21.5. The predicted molar refractivity (Wildman–Crippen MR) is 332 cm³/mol. The number of allylic oxidation sites excluding steroid dienone is 19. The van der Waals surface area contributed by atoms with E-state index >= 15 is 0 Å². The Hall–Kier alpha value is -3.59. The van der Waals surface area contributed by atoms with Gasteiger partial charge >= 0.3 is 13.8 Å². The van der Waals surface area contributed by atoms with Crippen LogP contribution in [0.15, 0.2) is 122 Å². The summed E-state index contributed by atoms with van der Waals surface area (Å²) in [5.41, 5.74) is 0. The first kappa shape index (κ1) is 73.4. The number of amides is 1. The zero-order valence-electron chi connectivity index (χ0n) is 50.2. The Kier molecular flexibility index (Phi) is 53.1. The van der Waals surface area contributed by atoms with Crippen LogP contribution in [0.1, 0.15) is 239 Å². The second-order valence-corrected chi connectivity index (χ2v) is 22.9. The van der Waals surface area contributed by atoms with Crippen LogP contribution in [0.2, 0.25) is 0 Å². The van der Waals surface area contributed by atoms with E-state index in [0.717, 1.165) is 109 Å². The zero-order chi connectivity index (χ0) is 56.4. The minimum absolute atomic E-state index is 0.0212. The maximum absolute atomic E-state index is 13.5. The molecule has 3 atom stereocenters. The predicted octanol–water partition coefficient (Wildman–Crippen LogP) is 19.1. The number of hydrogen-bond acceptors (Lipinski definition) is 6. The van der Waals surface area contributed by atoms with Crippen molar-refractivity contribution in [3.63, 3.8) is 0 Å². The van der Waals surface area contributed by atoms with Crippen molar-refractivity contribution < 1.29 is 37.3 Å². The molecule has 440 valence electrons. The molecule has 0 saturated heterocycles. The zero-order valence-corrected chi connectivity index (χ0v) is 51.1. The van der Waals surface area contributed by atoms with Crippen LogP contribution >= 0.6 is 7.82 Å². The molecule has 0 spiro atoms. The van der Waals surface area contributed by atoms with Gasteiger partial charge in [-0.25, -0.2) is 4.57 Å². The van der Waals surface area contributed by atoms with E-state index in [-0.39, 0.29) is 31.5 Å². The number of esters is 1. The molecule has 0 aliphatic carbocycles. The van der Waals surface area contributed by atoms with Gasteiger partial charge in [0.15, 0.2) is 0 Å². The smallest absolute Gasteiger partial charge is 0.456 e. The third-order valence-corrected chi connectivity index (χ3v) is 13.9. The fourth-order valence-corrected chi connectivity index (χ4v) is 8.87. The van der Waals surface area contributed by atoms with E-state index in [0.29, 0.717) is 30.3 Å². The number of nitrogens with zero attached hydrogens (tertiary/aromatic N) is 1. The first-order valence-corrected chi connectivity index (χ1v) is 32.4. The SMILES string of the molecule is CC/C=C\C/C=C\C/C=C\C/C=C\C/C=C\CCCCCCCC(=O)NC(COP(=O)(O)OCC[N+](C)(C)C)C(/C=C\CCCCCCCCCCCCC)OC(=O)CCC/C=C\C/C=C\C/C=C\C/C=C\CCCCC. The first-order valence-electron chi connectivity index (χ1n) is 30.9. The minimum Gasteiger partial charge on any atom is -0.456 e. The summed E-state index contributed by atoms with van der Waals surface area (Å²) in [5.74, 6) is -0.600. The Morgan fingerprint density at radius 1 is 0.468 bits per heavy atom. The number of phosphoric acid groups is 1. The number of phosphoric ester groups is 1. The molecule has 0 aliphatic heterocycles. The Morgan fingerprint density at radius 2 is 0.844 bits per heavy atom. The van der Waals surface area contributed by atoms with Crippen LogP contribution in [0.4, 0.5) is 0 Å². The molecule has 0 fully saturated rings. The molecule has 0 aliphatic rings. The molecule has 0 saturated carbocycles. The number of rotatable bonds is 54. The van der Waals surface area contributed by atoms with Gasteiger partial charge in [0.05, 0.1) is 33.8 Å². The maximum Gasteiger partial charge on any atom is 0.472 e. The molecule has 9 nitrogen and oxygen atoms in total. The van der Waals surface area contributed by atoms with Crippen molar-refractivity contribution in [2.75, 3.05) is 40.9 Å². The molecule has 1 amide bonds. The summed E-state index contributed by atoms with van der Waals surface area (Å²) in [4.78, 5) is 37.7. The van der Waals surface area contributed by atoms with Gasteiger partial charge in [-0.05, 0) is 115 Å². The number of nitrogens with one attached hydrogen (secondary N) is 1. The van der Waals surface area contributed by atoms with E-state index in [1.54, 1.807) is 0 Å². The van der Waals surface area contributed by atoms with Crippen LogP contribution in [0, 0.1) is 0 Å². The number of quaternary nitrogens is 1. The average Bonchev–Trinajstić information content (AvgIpc) is 3.39. The van der Waals surface area contributed by atoms with Crippen molar-refractivity contribution in [1.82, 2.24) is 5.32 Å². The second kappa shape index (κ2) is 55.7. The van der Waals surface area contributed by atoms with Crippen LogP contribution in [-0.4, -0.2) is 74.3 Å². The quantitative estimate of drug-likeness (QED) is 0.0205. The van der Waals surface area contributed by atoms with Crippen molar-refractivity contribution in [1.29, 1.82) is 0 Å². The van der Waals surface area contributed by atoms with Crippen LogP contribution in [-0.2, 0) is 27.9 Å². The average molecular weight is 1090 g/mol. The number of unbranched alkanes of at least 4 members (excludes halogenated alkanes) is 20. The molecular formula is C67H116N2O7P+. The van der Waals surface area contributed by atoms with E-state index in [9.17, 15) is 19.0 Å². The Bertz CT molecular complexity index is 1730. The highest BCUT2D eigenvalue weighted by atomic mass is 31.2. The molecule has 10 heteroatoms. The van der Waals surface area contributed by atoms with E-state index in [1.807, 2.05) is 33.3 Å². The number of carbonyl (C=O) groups is 2. The van der Waals surface area contributed by atoms with Crippen molar-refractivity contribution in [3.8, 4) is 0 Å². The largest absolute Gasteiger partial charge is 0.472 e. The molecule has 0 radical (unpaired) electrons. The molecular weight excluding hydrogens is 976 g/mol. The Morgan fingerprint density at radius 3 is 1.30 bits per heavy atom. The van der Waals surface area contributed by atoms with Crippen LogP contribution in [0.25, 0.3) is 0 Å². The Labute approximate surface area is 473 Å². The van der Waals surface area contributed by atoms with Gasteiger partial charge in [0.25, 0.3) is 0 Å². The molecule has 0 aromatic rings. The number of likely N-dealkylation sites (N-methyl/N-ethyl adjacent to an activating group) is 1. The standard InChI is InChI=1S/C67H115N2O7P/c1-7-10-13-16-19-22-25-28-30-32-33-34-35-37-38-41-44-47-50-53-56-59-66(70)68-64(63-75-77(72,73)74-62-61-69(4,5)6)65(58-55-52-49-46-43-40-27-24-21-18-15-12-9-3)76-67(71)60-57-54-51-48-45-42-39-36-31-29-26-23-20-17-14-11-8-2/h10,13,19-20,22-23,28-31,33-34,37-39,42,48,51,55,58,64-65H,7-9,11-12,14-18,21,24-27,32,35-36,40-41,43-47,49-50,52-54,56-57,59-63H2,1-6H3,(H-,68,70,72,73)/p+1/b13-10-,22-19-,23-20-,30-28-,31-29-,34-33-,38-37-,42-39-,51-48-,58-55-. The fraction of sp³-hybridized carbons (Fsp3) is 0.672. The lowest BCUT2D eigenvalue weighted by Gasteiger charge is -2.27. The van der Waals surface area contributed by atoms with Crippen molar-refractivity contribution >= 4 is 19.7 Å². The monoisotopic (exact) mass is 1090 g/mol. The summed E-state index contributed by atoms with van der Waals surface area (Å²) >= 11 is 0. The van der Waals surface area contributed by atoms with Gasteiger partial charge in [-0.2, -0.15) is 0 Å². The number of carbonyl (C=O) groups excluding carboxylic acids is 2. The fourth-order valence-electron chi connectivity index (χ4n) is 8.13. The minimum atomic E-state index is -4.48. The lowest BCUT2D eigenvalue weighted by atomic mass is 10.0. The number of ether oxygens (including phenoxy) is 1. The normalized spacial score (nSPS) is 14.5. The van der Waals surface area contributed by atoms with Gasteiger partial charge in [0.1, 0.15) is 19.3 Å². The highest BCUT2D eigenvalue weighted by Gasteiger charge is 2.30. The number of hydrogen-bond donors (Lipinski definition) is 2. The maximum atomic E-state index is 13.5. The highest BCUT2D eigenvalue weighted by Crippen LogP contribution is 2.43. The molecule has 0 heterocycles. The summed E-state index contributed by atoms with van der Waals surface area (Å²) in [5, 5.41) is 3.03. The lowest BCUT2D eigenvalue weighted by molar-refractivity contribution is -0.870. The first-order chi connectivity index (χ1) is 37.4. The van der Waals surface area contributed by atoms with E-state index in [1.165, 1.54) is 83.5 Å². The van der Waals surface area contributed by atoms with Crippen molar-refractivity contribution in [3.05, 3.63) is 122 Å². The molecule has 3 unspecified atom stereocenters. The van der Waals surface area contributed by atoms with E-state index in [4.69, 9.17) is 13.8 Å². The van der Waals surface area contributed by atoms with Gasteiger partial charge in [-0.3, -0.25) is 18.6 Å². The van der Waals surface area contributed by atoms with Crippen LogP contribution in [0.3, 0.4) is 0 Å². The van der Waals surface area contributed by atoms with Crippen LogP contribution < -0.4 is 5.32 Å². The van der Waals surface area contributed by atoms with Gasteiger partial charge < -0.3 is 19.4 Å². The summed E-state index contributed by atoms with van der Waals surface area (Å²) in [6.45, 7) is 6.80. The van der Waals surface area contributed by atoms with E-state index in [2.05, 4.69) is 135 Å². The van der Waals surface area contributed by atoms with Crippen molar-refractivity contribution in [2.24, 2.45) is 0 Å². The summed E-state index contributed by atoms with van der Waals surface area (Å²) < 4.78 is 30.6. The molecule has 2 N–H and O–H groups in total. The third kappa shape index (κ3) is 56.9. The highest BCUT2D eigenvalue weighted by molar-refractivity contribution is 7.47. The molecule has 0 aromatic carbocycles. The van der Waals surface area contributed by atoms with Gasteiger partial charge in [0.2, 0.25) is 5.91 Å². The third-order valence-electron chi connectivity index (χ3n) is 12.9. The van der Waals surface area contributed by atoms with Gasteiger partial charge in [-0.1, -0.05) is 233 Å². The molecule has 0 aromatic heterocycles. The van der Waals surface area contributed by atoms with Gasteiger partial charge in [0, 0.05) is 12.8 Å². The van der Waals surface area contributed by atoms with E-state index < -0.39 is 20.0 Å². The molecule has 0 bridgehead atoms. The van der Waals surface area contributed by atoms with Crippen LogP contribution in [0.5, 0.6) is 0 Å². The molecule has 0 rings (SSSR count). The topological polar surface area (TPSA) is 111 Å². The lowest BCUT2D eigenvalue weighted by Crippen LogP contribution is -2.47. The summed E-state index contributed by atoms with van der Waals surface area (Å²) in [6, 6.07) is -0.889. The molecule has 77 heavy (non-hydrogen) atoms. The van der Waals surface area contributed by atoms with Crippen molar-refractivity contribution in [2.45, 2.75) is 251 Å². The summed E-state index contributed by atoms with van der Waals surface area (Å²) in [6.07, 6.45) is 77.7. The Balaban J connectivity index is 5.43. The summed E-state index contributed by atoms with van der Waals surface area (Å²) in [7, 11) is 1.44. The van der Waals surface area contributed by atoms with Gasteiger partial charge in [-0.15, -0.1) is 0 Å².